The maximum atomic E-state index is 12.6. The molecule has 0 fully saturated rings. The third kappa shape index (κ3) is 4.49. The molecule has 0 aliphatic rings. The van der Waals surface area contributed by atoms with E-state index in [0.29, 0.717) is 26.0 Å². The van der Waals surface area contributed by atoms with E-state index < -0.39 is 16.0 Å². The van der Waals surface area contributed by atoms with Gasteiger partial charge in [0, 0.05) is 21.0 Å². The molecule has 0 aliphatic heterocycles. The van der Waals surface area contributed by atoms with Crippen LogP contribution in [0.25, 0.3) is 21.6 Å². The van der Waals surface area contributed by atoms with E-state index in [9.17, 15) is 13.2 Å². The highest BCUT2D eigenvalue weighted by molar-refractivity contribution is 7.89. The van der Waals surface area contributed by atoms with Crippen LogP contribution in [-0.4, -0.2) is 21.0 Å². The SMILES string of the molecule is CCOC(=O)c1sc(-c2ccc(Cl)cc2Cl)c(C)c1-c1ccc(S(N)(=O)=O)cc1. The van der Waals surface area contributed by atoms with E-state index in [1.807, 2.05) is 6.92 Å². The van der Waals surface area contributed by atoms with Crippen LogP contribution in [0.3, 0.4) is 0 Å². The minimum atomic E-state index is -3.81. The average molecular weight is 470 g/mol. The van der Waals surface area contributed by atoms with Crippen molar-refractivity contribution in [3.05, 3.63) is 63.0 Å². The van der Waals surface area contributed by atoms with Crippen LogP contribution in [0.2, 0.25) is 10.0 Å². The zero-order valence-electron chi connectivity index (χ0n) is 15.5. The average Bonchev–Trinajstić information content (AvgIpc) is 2.98. The van der Waals surface area contributed by atoms with Gasteiger partial charge in [0.1, 0.15) is 4.88 Å². The van der Waals surface area contributed by atoms with Gasteiger partial charge in [0.2, 0.25) is 10.0 Å². The summed E-state index contributed by atoms with van der Waals surface area (Å²) in [5, 5.41) is 6.15. The Bertz CT molecular complexity index is 1190. The summed E-state index contributed by atoms with van der Waals surface area (Å²) in [6.07, 6.45) is 0. The Morgan fingerprint density at radius 3 is 2.34 bits per heavy atom. The van der Waals surface area contributed by atoms with Gasteiger partial charge in [-0.1, -0.05) is 41.4 Å². The molecule has 0 radical (unpaired) electrons. The van der Waals surface area contributed by atoms with E-state index in [2.05, 4.69) is 0 Å². The second-order valence-corrected chi connectivity index (χ2v) is 9.60. The Labute approximate surface area is 183 Å². The first kappa shape index (κ1) is 21.8. The number of carbonyl (C=O) groups excluding carboxylic acids is 1. The van der Waals surface area contributed by atoms with Crippen molar-refractivity contribution in [2.24, 2.45) is 5.14 Å². The van der Waals surface area contributed by atoms with Gasteiger partial charge in [-0.25, -0.2) is 18.4 Å². The number of nitrogens with two attached hydrogens (primary N) is 1. The Morgan fingerprint density at radius 1 is 1.14 bits per heavy atom. The lowest BCUT2D eigenvalue weighted by molar-refractivity contribution is 0.0533. The highest BCUT2D eigenvalue weighted by Crippen LogP contribution is 2.44. The number of ether oxygens (including phenoxy) is 1. The van der Waals surface area contributed by atoms with E-state index in [1.54, 1.807) is 37.3 Å². The molecule has 0 saturated heterocycles. The van der Waals surface area contributed by atoms with Crippen molar-refractivity contribution in [3.8, 4) is 21.6 Å². The third-order valence-corrected chi connectivity index (χ3v) is 7.04. The zero-order chi connectivity index (χ0) is 21.3. The summed E-state index contributed by atoms with van der Waals surface area (Å²) < 4.78 is 28.3. The molecule has 3 rings (SSSR count). The highest BCUT2D eigenvalue weighted by Gasteiger charge is 2.24. The van der Waals surface area contributed by atoms with Crippen LogP contribution in [-0.2, 0) is 14.8 Å². The fourth-order valence-electron chi connectivity index (χ4n) is 2.94. The van der Waals surface area contributed by atoms with Gasteiger partial charge in [0.25, 0.3) is 0 Å². The minimum absolute atomic E-state index is 0.00668. The smallest absolute Gasteiger partial charge is 0.348 e. The summed E-state index contributed by atoms with van der Waals surface area (Å²) in [5.41, 5.74) is 2.91. The summed E-state index contributed by atoms with van der Waals surface area (Å²) in [6.45, 7) is 3.84. The minimum Gasteiger partial charge on any atom is -0.462 e. The molecule has 2 N–H and O–H groups in total. The molecule has 1 heterocycles. The summed E-state index contributed by atoms with van der Waals surface area (Å²) in [4.78, 5) is 13.8. The van der Waals surface area contributed by atoms with Gasteiger partial charge in [-0.05, 0) is 49.2 Å². The molecule has 152 valence electrons. The molecule has 9 heteroatoms. The number of thiophene rings is 1. The van der Waals surface area contributed by atoms with Gasteiger partial charge >= 0.3 is 5.97 Å². The van der Waals surface area contributed by atoms with Gasteiger partial charge in [-0.15, -0.1) is 11.3 Å². The number of sulfonamides is 1. The molecule has 0 saturated carbocycles. The van der Waals surface area contributed by atoms with Crippen LogP contribution in [0.5, 0.6) is 0 Å². The number of rotatable bonds is 5. The lowest BCUT2D eigenvalue weighted by atomic mass is 9.99. The van der Waals surface area contributed by atoms with Crippen LogP contribution in [0.15, 0.2) is 47.4 Å². The summed E-state index contributed by atoms with van der Waals surface area (Å²) in [6, 6.07) is 11.2. The topological polar surface area (TPSA) is 86.5 Å². The van der Waals surface area contributed by atoms with Gasteiger partial charge in [-0.3, -0.25) is 0 Å². The number of carbonyl (C=O) groups is 1. The molecule has 0 spiro atoms. The largest absolute Gasteiger partial charge is 0.462 e. The summed E-state index contributed by atoms with van der Waals surface area (Å²) in [7, 11) is -3.81. The molecule has 2 aromatic carbocycles. The number of primary sulfonamides is 1. The second kappa shape index (κ2) is 8.45. The number of halogens is 2. The van der Waals surface area contributed by atoms with Crippen LogP contribution in [0.4, 0.5) is 0 Å². The molecule has 0 atom stereocenters. The molecular formula is C20H17Cl2NO4S2. The highest BCUT2D eigenvalue weighted by atomic mass is 35.5. The molecule has 0 amide bonds. The van der Waals surface area contributed by atoms with Crippen molar-refractivity contribution in [3.63, 3.8) is 0 Å². The molecule has 5 nitrogen and oxygen atoms in total. The Kier molecular flexibility index (Phi) is 6.36. The Morgan fingerprint density at radius 2 is 1.79 bits per heavy atom. The van der Waals surface area contributed by atoms with E-state index >= 15 is 0 Å². The molecular weight excluding hydrogens is 453 g/mol. The maximum absolute atomic E-state index is 12.6. The molecule has 1 aromatic heterocycles. The monoisotopic (exact) mass is 469 g/mol. The summed E-state index contributed by atoms with van der Waals surface area (Å²) in [5.74, 6) is -0.456. The Balaban J connectivity index is 2.22. The van der Waals surface area contributed by atoms with Crippen molar-refractivity contribution < 1.29 is 17.9 Å². The van der Waals surface area contributed by atoms with E-state index in [4.69, 9.17) is 33.1 Å². The van der Waals surface area contributed by atoms with Crippen molar-refractivity contribution >= 4 is 50.5 Å². The van der Waals surface area contributed by atoms with Gasteiger partial charge < -0.3 is 4.74 Å². The van der Waals surface area contributed by atoms with E-state index in [1.165, 1.54) is 23.5 Å². The maximum Gasteiger partial charge on any atom is 0.348 e. The van der Waals surface area contributed by atoms with Crippen molar-refractivity contribution in [1.82, 2.24) is 0 Å². The molecule has 3 aromatic rings. The molecule has 0 bridgehead atoms. The fraction of sp³-hybridized carbons (Fsp3) is 0.150. The zero-order valence-corrected chi connectivity index (χ0v) is 18.7. The van der Waals surface area contributed by atoms with Crippen molar-refractivity contribution in [2.75, 3.05) is 6.61 Å². The number of benzene rings is 2. The second-order valence-electron chi connectivity index (χ2n) is 6.17. The fourth-order valence-corrected chi connectivity index (χ4v) is 5.28. The lowest BCUT2D eigenvalue weighted by Gasteiger charge is -2.08. The predicted octanol–water partition coefficient (Wildman–Crippen LogP) is 5.52. The number of esters is 1. The van der Waals surface area contributed by atoms with Gasteiger partial charge in [-0.2, -0.15) is 0 Å². The van der Waals surface area contributed by atoms with Gasteiger partial charge in [0.05, 0.1) is 16.5 Å². The summed E-state index contributed by atoms with van der Waals surface area (Å²) >= 11 is 13.7. The molecule has 29 heavy (non-hydrogen) atoms. The van der Waals surface area contributed by atoms with Gasteiger partial charge in [0.15, 0.2) is 0 Å². The van der Waals surface area contributed by atoms with Crippen molar-refractivity contribution in [2.45, 2.75) is 18.7 Å². The number of hydrogen-bond acceptors (Lipinski definition) is 5. The quantitative estimate of drug-likeness (QED) is 0.498. The van der Waals surface area contributed by atoms with Crippen LogP contribution >= 0.6 is 34.5 Å². The molecule has 0 unspecified atom stereocenters. The molecule has 0 aliphatic carbocycles. The van der Waals surface area contributed by atoms with Crippen molar-refractivity contribution in [1.29, 1.82) is 0 Å². The first-order valence-electron chi connectivity index (χ1n) is 8.52. The first-order valence-corrected chi connectivity index (χ1v) is 11.6. The van der Waals surface area contributed by atoms with Crippen LogP contribution in [0, 0.1) is 6.92 Å². The standard InChI is InChI=1S/C20H17Cl2NO4S2/c1-3-27-20(24)19-17(12-4-7-14(8-5-12)29(23,25)26)11(2)18(28-19)15-9-6-13(21)10-16(15)22/h4-10H,3H2,1-2H3,(H2,23,25,26). The van der Waals surface area contributed by atoms with E-state index in [-0.39, 0.29) is 11.5 Å². The number of hydrogen-bond donors (Lipinski definition) is 1. The first-order chi connectivity index (χ1) is 13.6. The van der Waals surface area contributed by atoms with Crippen LogP contribution in [0.1, 0.15) is 22.2 Å². The van der Waals surface area contributed by atoms with Crippen LogP contribution < -0.4 is 5.14 Å². The lowest BCUT2D eigenvalue weighted by Crippen LogP contribution is -2.11. The van der Waals surface area contributed by atoms with E-state index in [0.717, 1.165) is 16.0 Å². The normalized spacial score (nSPS) is 11.5. The Hall–Kier alpha value is -1.90. The predicted molar refractivity (Wildman–Crippen MR) is 117 cm³/mol. The third-order valence-electron chi connectivity index (χ3n) is 4.25.